The Labute approximate surface area is 131 Å². The van der Waals surface area contributed by atoms with Crippen LogP contribution in [-0.4, -0.2) is 42.4 Å². The molecule has 0 spiro atoms. The largest absolute Gasteiger partial charge is 0.332 e. The number of hydrogen-bond acceptors (Lipinski definition) is 2. The van der Waals surface area contributed by atoms with Crippen LogP contribution in [0.15, 0.2) is 24.3 Å². The van der Waals surface area contributed by atoms with Gasteiger partial charge in [0.1, 0.15) is 0 Å². The lowest BCUT2D eigenvalue weighted by atomic mass is 9.83. The van der Waals surface area contributed by atoms with Gasteiger partial charge in [-0.05, 0) is 44.2 Å². The molecule has 0 bridgehead atoms. The zero-order valence-corrected chi connectivity index (χ0v) is 12.9. The highest BCUT2D eigenvalue weighted by molar-refractivity contribution is 6.21. The van der Waals surface area contributed by atoms with Gasteiger partial charge in [-0.1, -0.05) is 12.1 Å². The first-order valence-electron chi connectivity index (χ1n) is 8.55. The van der Waals surface area contributed by atoms with Crippen molar-refractivity contribution < 1.29 is 14.5 Å². The van der Waals surface area contributed by atoms with Crippen molar-refractivity contribution in [1.82, 2.24) is 4.90 Å². The third-order valence-corrected chi connectivity index (χ3v) is 5.72. The maximum Gasteiger partial charge on any atom is 0.261 e. The van der Waals surface area contributed by atoms with Gasteiger partial charge in [-0.15, -0.1) is 0 Å². The summed E-state index contributed by atoms with van der Waals surface area (Å²) in [6.07, 6.45) is 6.25. The first kappa shape index (κ1) is 13.9. The second-order valence-corrected chi connectivity index (χ2v) is 6.93. The molecule has 2 amide bonds. The van der Waals surface area contributed by atoms with Crippen LogP contribution in [0.2, 0.25) is 0 Å². The number of carbonyl (C=O) groups excluding carboxylic acids is 2. The molecule has 3 heterocycles. The van der Waals surface area contributed by atoms with Crippen molar-refractivity contribution in [2.45, 2.75) is 38.1 Å². The molecule has 4 heteroatoms. The minimum atomic E-state index is -0.0940. The predicted octanol–water partition coefficient (Wildman–Crippen LogP) is 1.13. The summed E-state index contributed by atoms with van der Waals surface area (Å²) < 4.78 is 0. The molecule has 2 fully saturated rings. The van der Waals surface area contributed by atoms with Gasteiger partial charge in [0.15, 0.2) is 0 Å². The summed E-state index contributed by atoms with van der Waals surface area (Å²) >= 11 is 0. The Morgan fingerprint density at radius 2 is 1.64 bits per heavy atom. The topological polar surface area (TPSA) is 41.8 Å². The fourth-order valence-electron chi connectivity index (χ4n) is 4.64. The molecular formula is C18H23N2O2+. The number of quaternary nitrogens is 1. The van der Waals surface area contributed by atoms with E-state index in [9.17, 15) is 9.59 Å². The number of benzene rings is 1. The number of nitrogens with one attached hydrogen (secondary N) is 1. The predicted molar refractivity (Wildman–Crippen MR) is 82.9 cm³/mol. The molecule has 1 aromatic carbocycles. The number of amides is 2. The molecule has 0 aromatic heterocycles. The van der Waals surface area contributed by atoms with E-state index in [0.717, 1.165) is 6.42 Å². The fourth-order valence-corrected chi connectivity index (χ4v) is 4.64. The fraction of sp³-hybridized carbons (Fsp3) is 0.556. The van der Waals surface area contributed by atoms with Crippen molar-refractivity contribution in [3.63, 3.8) is 0 Å². The number of piperidine rings is 2. The van der Waals surface area contributed by atoms with Gasteiger partial charge in [-0.2, -0.15) is 0 Å². The molecule has 3 unspecified atom stereocenters. The average molecular weight is 299 g/mol. The van der Waals surface area contributed by atoms with Gasteiger partial charge >= 0.3 is 0 Å². The van der Waals surface area contributed by atoms with Crippen LogP contribution in [-0.2, 0) is 0 Å². The van der Waals surface area contributed by atoms with E-state index in [-0.39, 0.29) is 11.8 Å². The van der Waals surface area contributed by atoms with Crippen molar-refractivity contribution in [3.05, 3.63) is 35.4 Å². The van der Waals surface area contributed by atoms with Gasteiger partial charge in [-0.25, -0.2) is 0 Å². The highest BCUT2D eigenvalue weighted by Crippen LogP contribution is 2.27. The summed E-state index contributed by atoms with van der Waals surface area (Å²) in [7, 11) is 0. The van der Waals surface area contributed by atoms with Gasteiger partial charge in [0.05, 0.1) is 30.3 Å². The molecule has 0 aliphatic carbocycles. The minimum absolute atomic E-state index is 0.0940. The number of rotatable bonds is 2. The summed E-state index contributed by atoms with van der Waals surface area (Å²) in [4.78, 5) is 28.3. The maximum absolute atomic E-state index is 12.5. The maximum atomic E-state index is 12.5. The molecule has 0 saturated carbocycles. The molecule has 1 N–H and O–H groups in total. The third kappa shape index (κ3) is 2.17. The Bertz CT molecular complexity index is 576. The van der Waals surface area contributed by atoms with Crippen LogP contribution in [0.5, 0.6) is 0 Å². The molecular weight excluding hydrogens is 276 g/mol. The molecule has 4 nitrogen and oxygen atoms in total. The number of imide groups is 1. The standard InChI is InChI=1S/C18H22N2O2/c21-17-14-7-1-2-8-15(14)18(22)20(17)12-13-6-5-11-19-10-4-3-9-16(13)19/h1-2,7-8,13,16H,3-6,9-12H2/p+1. The lowest BCUT2D eigenvalue weighted by molar-refractivity contribution is -0.940. The van der Waals surface area contributed by atoms with E-state index in [4.69, 9.17) is 0 Å². The molecule has 0 radical (unpaired) electrons. The van der Waals surface area contributed by atoms with Crippen molar-refractivity contribution >= 4 is 11.8 Å². The van der Waals surface area contributed by atoms with Crippen LogP contribution < -0.4 is 4.90 Å². The zero-order valence-electron chi connectivity index (χ0n) is 12.9. The van der Waals surface area contributed by atoms with Gasteiger partial charge in [-0.3, -0.25) is 14.5 Å². The quantitative estimate of drug-likeness (QED) is 0.832. The number of fused-ring (bicyclic) bond motifs is 2. The summed E-state index contributed by atoms with van der Waals surface area (Å²) in [5.74, 6) is 0.290. The highest BCUT2D eigenvalue weighted by atomic mass is 16.2. The molecule has 116 valence electrons. The Morgan fingerprint density at radius 1 is 0.955 bits per heavy atom. The van der Waals surface area contributed by atoms with E-state index < -0.39 is 0 Å². The summed E-state index contributed by atoms with van der Waals surface area (Å²) in [5.41, 5.74) is 1.16. The van der Waals surface area contributed by atoms with Crippen molar-refractivity contribution in [2.24, 2.45) is 5.92 Å². The third-order valence-electron chi connectivity index (χ3n) is 5.72. The van der Waals surface area contributed by atoms with Crippen LogP contribution in [0.4, 0.5) is 0 Å². The van der Waals surface area contributed by atoms with Crippen molar-refractivity contribution in [1.29, 1.82) is 0 Å². The lowest BCUT2D eigenvalue weighted by Gasteiger charge is -2.42. The van der Waals surface area contributed by atoms with E-state index >= 15 is 0 Å². The monoisotopic (exact) mass is 299 g/mol. The Morgan fingerprint density at radius 3 is 2.36 bits per heavy atom. The zero-order chi connectivity index (χ0) is 15.1. The normalized spacial score (nSPS) is 31.1. The SMILES string of the molecule is O=C1c2ccccc2C(=O)N1CC1CCC[NH+]2CCCCC12. The molecule has 1 aromatic rings. The van der Waals surface area contributed by atoms with E-state index in [0.29, 0.717) is 29.6 Å². The van der Waals surface area contributed by atoms with Crippen molar-refractivity contribution in [2.75, 3.05) is 19.6 Å². The highest BCUT2D eigenvalue weighted by Gasteiger charge is 2.42. The van der Waals surface area contributed by atoms with Crippen LogP contribution in [0, 0.1) is 5.92 Å². The molecule has 3 atom stereocenters. The first-order valence-corrected chi connectivity index (χ1v) is 8.55. The van der Waals surface area contributed by atoms with Gasteiger partial charge < -0.3 is 4.90 Å². The Balaban J connectivity index is 1.54. The average Bonchev–Trinajstić information content (AvgIpc) is 2.81. The summed E-state index contributed by atoms with van der Waals surface area (Å²) in [5, 5.41) is 0. The molecule has 4 rings (SSSR count). The van der Waals surface area contributed by atoms with Gasteiger partial charge in [0.25, 0.3) is 11.8 Å². The van der Waals surface area contributed by atoms with Crippen LogP contribution in [0.1, 0.15) is 52.8 Å². The summed E-state index contributed by atoms with van der Waals surface area (Å²) in [6, 6.07) is 7.86. The molecule has 3 aliphatic rings. The van der Waals surface area contributed by atoms with E-state index in [1.807, 2.05) is 12.1 Å². The smallest absolute Gasteiger partial charge is 0.261 e. The number of hydrogen-bond donors (Lipinski definition) is 1. The summed E-state index contributed by atoms with van der Waals surface area (Å²) in [6.45, 7) is 3.15. The second-order valence-electron chi connectivity index (χ2n) is 6.93. The number of carbonyl (C=O) groups is 2. The second kappa shape index (κ2) is 5.51. The molecule has 22 heavy (non-hydrogen) atoms. The van der Waals surface area contributed by atoms with E-state index in [1.54, 1.807) is 17.0 Å². The van der Waals surface area contributed by atoms with Crippen LogP contribution >= 0.6 is 0 Å². The van der Waals surface area contributed by atoms with Crippen molar-refractivity contribution in [3.8, 4) is 0 Å². The van der Waals surface area contributed by atoms with Crippen LogP contribution in [0.25, 0.3) is 0 Å². The molecule has 3 aliphatic heterocycles. The van der Waals surface area contributed by atoms with E-state index in [2.05, 4.69) is 0 Å². The molecule has 2 saturated heterocycles. The van der Waals surface area contributed by atoms with Crippen LogP contribution in [0.3, 0.4) is 0 Å². The minimum Gasteiger partial charge on any atom is -0.332 e. The van der Waals surface area contributed by atoms with Gasteiger partial charge in [0, 0.05) is 12.5 Å². The first-order chi connectivity index (χ1) is 10.8. The van der Waals surface area contributed by atoms with E-state index in [1.165, 1.54) is 43.7 Å². The number of nitrogens with zero attached hydrogens (tertiary/aromatic N) is 1. The Kier molecular flexibility index (Phi) is 3.49. The lowest BCUT2D eigenvalue weighted by Crippen LogP contribution is -3.18. The van der Waals surface area contributed by atoms with Gasteiger partial charge in [0.2, 0.25) is 0 Å². The Hall–Kier alpha value is -1.68.